The predicted octanol–water partition coefficient (Wildman–Crippen LogP) is 2.47. The van der Waals surface area contributed by atoms with E-state index in [-0.39, 0.29) is 5.69 Å². The summed E-state index contributed by atoms with van der Waals surface area (Å²) < 4.78 is 5.28. The van der Waals surface area contributed by atoms with E-state index in [1.165, 1.54) is 18.2 Å². The number of nitrogens with one attached hydrogen (secondary N) is 1. The van der Waals surface area contributed by atoms with Gasteiger partial charge in [-0.05, 0) is 19.1 Å². The van der Waals surface area contributed by atoms with Gasteiger partial charge in [-0.15, -0.1) is 0 Å². The van der Waals surface area contributed by atoms with Crippen molar-refractivity contribution < 1.29 is 9.66 Å². The second-order valence-electron chi connectivity index (χ2n) is 4.04. The van der Waals surface area contributed by atoms with Gasteiger partial charge in [0.05, 0.1) is 29.8 Å². The normalized spacial score (nSPS) is 9.68. The fourth-order valence-corrected chi connectivity index (χ4v) is 1.41. The van der Waals surface area contributed by atoms with Crippen LogP contribution in [0.15, 0.2) is 30.4 Å². The molecule has 0 saturated heterocycles. The molecule has 0 bridgehead atoms. The number of benzene rings is 1. The molecule has 0 spiro atoms. The van der Waals surface area contributed by atoms with Gasteiger partial charge in [0.1, 0.15) is 5.69 Å². The number of ether oxygens (including phenoxy) is 1. The van der Waals surface area contributed by atoms with Gasteiger partial charge in [-0.3, -0.25) is 10.1 Å². The fraction of sp³-hybridized carbons (Fsp3) is 0.308. The van der Waals surface area contributed by atoms with E-state index in [9.17, 15) is 10.1 Å². The average molecular weight is 261 g/mol. The van der Waals surface area contributed by atoms with Crippen LogP contribution in [0.3, 0.4) is 0 Å². The maximum atomic E-state index is 10.8. The van der Waals surface area contributed by atoms with Gasteiger partial charge in [0.15, 0.2) is 0 Å². The number of nitro groups is 1. The third kappa shape index (κ3) is 4.77. The minimum absolute atomic E-state index is 0.0566. The summed E-state index contributed by atoms with van der Waals surface area (Å²) in [5, 5.41) is 22.5. The summed E-state index contributed by atoms with van der Waals surface area (Å²) in [7, 11) is 0. The number of hydrogen-bond acceptors (Lipinski definition) is 5. The Hall–Kier alpha value is -2.39. The van der Waals surface area contributed by atoms with Crippen LogP contribution in [0, 0.1) is 21.4 Å². The van der Waals surface area contributed by atoms with Gasteiger partial charge in [0, 0.05) is 12.6 Å². The molecule has 0 atom stereocenters. The molecule has 0 radical (unpaired) electrons. The first-order valence-corrected chi connectivity index (χ1v) is 5.69. The zero-order valence-corrected chi connectivity index (χ0v) is 10.7. The molecule has 6 heteroatoms. The van der Waals surface area contributed by atoms with Gasteiger partial charge < -0.3 is 10.1 Å². The van der Waals surface area contributed by atoms with E-state index in [4.69, 9.17) is 10.00 Å². The Morgan fingerprint density at radius 3 is 2.95 bits per heavy atom. The standard InChI is InChI=1S/C13H15N3O3/c1-10(2)9-19-6-5-15-12-7-11(8-14)3-4-13(12)16(17)18/h3-4,7,15H,1,5-6,9H2,2H3. The molecule has 1 aromatic carbocycles. The highest BCUT2D eigenvalue weighted by atomic mass is 16.6. The van der Waals surface area contributed by atoms with E-state index in [1.54, 1.807) is 0 Å². The molecule has 0 amide bonds. The molecule has 0 aromatic heterocycles. The largest absolute Gasteiger partial charge is 0.377 e. The molecule has 19 heavy (non-hydrogen) atoms. The van der Waals surface area contributed by atoms with Crippen molar-refractivity contribution >= 4 is 11.4 Å². The summed E-state index contributed by atoms with van der Waals surface area (Å²) in [5.74, 6) is 0. The summed E-state index contributed by atoms with van der Waals surface area (Å²) in [4.78, 5) is 10.4. The molecular formula is C13H15N3O3. The lowest BCUT2D eigenvalue weighted by molar-refractivity contribution is -0.384. The van der Waals surface area contributed by atoms with Crippen molar-refractivity contribution in [3.8, 4) is 6.07 Å². The average Bonchev–Trinajstić information content (AvgIpc) is 2.37. The van der Waals surface area contributed by atoms with E-state index in [1.807, 2.05) is 13.0 Å². The summed E-state index contributed by atoms with van der Waals surface area (Å²) in [6, 6.07) is 6.13. The van der Waals surface area contributed by atoms with Crippen molar-refractivity contribution in [3.63, 3.8) is 0 Å². The van der Waals surface area contributed by atoms with Gasteiger partial charge in [0.2, 0.25) is 0 Å². The zero-order valence-electron chi connectivity index (χ0n) is 10.7. The zero-order chi connectivity index (χ0) is 14.3. The van der Waals surface area contributed by atoms with Crippen molar-refractivity contribution in [2.75, 3.05) is 25.1 Å². The number of hydrogen-bond donors (Lipinski definition) is 1. The van der Waals surface area contributed by atoms with Crippen LogP contribution >= 0.6 is 0 Å². The molecule has 0 aliphatic carbocycles. The Labute approximate surface area is 111 Å². The van der Waals surface area contributed by atoms with Gasteiger partial charge >= 0.3 is 0 Å². The first-order chi connectivity index (χ1) is 9.04. The third-order valence-corrected chi connectivity index (χ3v) is 2.23. The molecule has 0 aliphatic rings. The summed E-state index contributed by atoms with van der Waals surface area (Å²) in [6.45, 7) is 6.84. The molecular weight excluding hydrogens is 246 g/mol. The highest BCUT2D eigenvalue weighted by Gasteiger charge is 2.13. The maximum absolute atomic E-state index is 10.8. The second-order valence-corrected chi connectivity index (χ2v) is 4.04. The van der Waals surface area contributed by atoms with Crippen LogP contribution in [0.4, 0.5) is 11.4 Å². The minimum atomic E-state index is -0.488. The third-order valence-electron chi connectivity index (χ3n) is 2.23. The number of nitriles is 1. The van der Waals surface area contributed by atoms with Gasteiger partial charge in [-0.1, -0.05) is 12.2 Å². The van der Waals surface area contributed by atoms with E-state index in [0.29, 0.717) is 31.0 Å². The monoisotopic (exact) mass is 261 g/mol. The van der Waals surface area contributed by atoms with Gasteiger partial charge in [-0.2, -0.15) is 5.26 Å². The van der Waals surface area contributed by atoms with E-state index in [2.05, 4.69) is 11.9 Å². The smallest absolute Gasteiger partial charge is 0.292 e. The Balaban J connectivity index is 2.63. The van der Waals surface area contributed by atoms with Crippen molar-refractivity contribution in [1.82, 2.24) is 0 Å². The van der Waals surface area contributed by atoms with Crippen LogP contribution in [-0.2, 0) is 4.74 Å². The molecule has 6 nitrogen and oxygen atoms in total. The lowest BCUT2D eigenvalue weighted by Crippen LogP contribution is -2.11. The molecule has 0 aliphatic heterocycles. The van der Waals surface area contributed by atoms with Crippen molar-refractivity contribution in [2.24, 2.45) is 0 Å². The Kier molecular flexibility index (Phi) is 5.51. The summed E-state index contributed by atoms with van der Waals surface area (Å²) >= 11 is 0. The van der Waals surface area contributed by atoms with Crippen molar-refractivity contribution in [1.29, 1.82) is 5.26 Å². The molecule has 1 N–H and O–H groups in total. The minimum Gasteiger partial charge on any atom is -0.377 e. The second kappa shape index (κ2) is 7.13. The fourth-order valence-electron chi connectivity index (χ4n) is 1.41. The van der Waals surface area contributed by atoms with E-state index >= 15 is 0 Å². The number of nitro benzene ring substituents is 1. The molecule has 0 unspecified atom stereocenters. The van der Waals surface area contributed by atoms with Crippen LogP contribution in [0.2, 0.25) is 0 Å². The van der Waals surface area contributed by atoms with Crippen LogP contribution in [0.1, 0.15) is 12.5 Å². The van der Waals surface area contributed by atoms with Crippen LogP contribution in [-0.4, -0.2) is 24.7 Å². The first-order valence-electron chi connectivity index (χ1n) is 5.69. The number of anilines is 1. The molecule has 1 aromatic rings. The SMILES string of the molecule is C=C(C)COCCNc1cc(C#N)ccc1[N+](=O)[O-]. The Bertz CT molecular complexity index is 520. The molecule has 1 rings (SSSR count). The topological polar surface area (TPSA) is 88.2 Å². The molecule has 0 fully saturated rings. The summed E-state index contributed by atoms with van der Waals surface area (Å²) in [5.41, 5.74) is 1.55. The van der Waals surface area contributed by atoms with Crippen LogP contribution in [0.25, 0.3) is 0 Å². The quantitative estimate of drug-likeness (QED) is 0.352. The molecule has 0 saturated carbocycles. The van der Waals surface area contributed by atoms with Crippen LogP contribution < -0.4 is 5.32 Å². The summed E-state index contributed by atoms with van der Waals surface area (Å²) in [6.07, 6.45) is 0. The van der Waals surface area contributed by atoms with Gasteiger partial charge in [0.25, 0.3) is 5.69 Å². The van der Waals surface area contributed by atoms with Gasteiger partial charge in [-0.25, -0.2) is 0 Å². The van der Waals surface area contributed by atoms with Crippen LogP contribution in [0.5, 0.6) is 0 Å². The Morgan fingerprint density at radius 2 is 2.37 bits per heavy atom. The Morgan fingerprint density at radius 1 is 1.63 bits per heavy atom. The highest BCUT2D eigenvalue weighted by Crippen LogP contribution is 2.24. The highest BCUT2D eigenvalue weighted by molar-refractivity contribution is 5.64. The lowest BCUT2D eigenvalue weighted by Gasteiger charge is -2.08. The molecule has 100 valence electrons. The maximum Gasteiger partial charge on any atom is 0.292 e. The first kappa shape index (κ1) is 14.7. The predicted molar refractivity (Wildman–Crippen MR) is 71.9 cm³/mol. The molecule has 0 heterocycles. The lowest BCUT2D eigenvalue weighted by atomic mass is 10.2. The van der Waals surface area contributed by atoms with Crippen molar-refractivity contribution in [2.45, 2.75) is 6.92 Å². The van der Waals surface area contributed by atoms with Crippen molar-refractivity contribution in [3.05, 3.63) is 46.0 Å². The number of rotatable bonds is 7. The number of nitrogens with zero attached hydrogens (tertiary/aromatic N) is 2. The van der Waals surface area contributed by atoms with E-state index < -0.39 is 4.92 Å². The van der Waals surface area contributed by atoms with E-state index in [0.717, 1.165) is 5.57 Å².